The Morgan fingerprint density at radius 2 is 2.12 bits per heavy atom. The fourth-order valence-corrected chi connectivity index (χ4v) is 5.06. The minimum Gasteiger partial charge on any atom is -0.396 e. The molecule has 98 valence electrons. The summed E-state index contributed by atoms with van der Waals surface area (Å²) in [6.07, 6.45) is 2.32. The van der Waals surface area contributed by atoms with E-state index in [1.165, 1.54) is 15.6 Å². The van der Waals surface area contributed by atoms with Gasteiger partial charge in [0, 0.05) is 24.7 Å². The van der Waals surface area contributed by atoms with Gasteiger partial charge in [0.2, 0.25) is 0 Å². The van der Waals surface area contributed by atoms with Crippen molar-refractivity contribution >= 4 is 37.3 Å². The molecule has 17 heavy (non-hydrogen) atoms. The van der Waals surface area contributed by atoms with E-state index in [1.54, 1.807) is 18.5 Å². The van der Waals surface area contributed by atoms with Gasteiger partial charge in [-0.3, -0.25) is 0 Å². The van der Waals surface area contributed by atoms with Crippen LogP contribution >= 0.6 is 27.3 Å². The number of sulfonamides is 1. The molecule has 0 fully saturated rings. The molecule has 0 aliphatic heterocycles. The minimum atomic E-state index is -3.37. The zero-order chi connectivity index (χ0) is 12.9. The average Bonchev–Trinajstić information content (AvgIpc) is 2.71. The molecule has 0 saturated carbocycles. The van der Waals surface area contributed by atoms with Crippen molar-refractivity contribution in [3.05, 3.63) is 15.9 Å². The van der Waals surface area contributed by atoms with Gasteiger partial charge in [-0.05, 0) is 46.6 Å². The maximum Gasteiger partial charge on any atom is 0.253 e. The molecule has 1 rings (SSSR count). The Balaban J connectivity index is 2.62. The molecule has 0 saturated heterocycles. The Hall–Kier alpha value is 0.0500. The molecule has 1 N–H and O–H groups in total. The number of thiophene rings is 1. The van der Waals surface area contributed by atoms with Gasteiger partial charge in [0.25, 0.3) is 10.0 Å². The maximum atomic E-state index is 12.1. The topological polar surface area (TPSA) is 57.6 Å². The fraction of sp³-hybridized carbons (Fsp3) is 0.600. The lowest BCUT2D eigenvalue weighted by Gasteiger charge is -2.16. The number of unbranched alkanes of at least 4 members (excludes halogenated alkanes) is 2. The first-order valence-corrected chi connectivity index (χ1v) is 8.41. The second kappa shape index (κ2) is 6.84. The number of nitrogens with zero attached hydrogens (tertiary/aromatic N) is 1. The van der Waals surface area contributed by atoms with Gasteiger partial charge in [-0.25, -0.2) is 12.7 Å². The molecule has 1 aromatic rings. The third kappa shape index (κ3) is 4.03. The van der Waals surface area contributed by atoms with Crippen LogP contribution in [0.3, 0.4) is 0 Å². The zero-order valence-corrected chi connectivity index (χ0v) is 12.8. The average molecular weight is 342 g/mol. The normalized spacial score (nSPS) is 12.2. The Morgan fingerprint density at radius 3 is 2.65 bits per heavy atom. The van der Waals surface area contributed by atoms with Crippen molar-refractivity contribution in [3.63, 3.8) is 0 Å². The molecule has 0 amide bonds. The smallest absolute Gasteiger partial charge is 0.253 e. The summed E-state index contributed by atoms with van der Waals surface area (Å²) in [6, 6.07) is 1.73. The van der Waals surface area contributed by atoms with E-state index in [0.29, 0.717) is 15.2 Å². The summed E-state index contributed by atoms with van der Waals surface area (Å²) < 4.78 is 26.6. The Kier molecular flexibility index (Phi) is 6.08. The predicted octanol–water partition coefficient (Wildman–Crippen LogP) is 2.29. The van der Waals surface area contributed by atoms with Crippen LogP contribution in [0.15, 0.2) is 20.1 Å². The molecule has 0 bridgehead atoms. The molecule has 0 aliphatic carbocycles. The van der Waals surface area contributed by atoms with Crippen LogP contribution in [-0.4, -0.2) is 38.0 Å². The van der Waals surface area contributed by atoms with Crippen molar-refractivity contribution < 1.29 is 13.5 Å². The van der Waals surface area contributed by atoms with Gasteiger partial charge in [-0.15, -0.1) is 11.3 Å². The van der Waals surface area contributed by atoms with Crippen molar-refractivity contribution in [2.75, 3.05) is 20.2 Å². The van der Waals surface area contributed by atoms with Gasteiger partial charge in [0.15, 0.2) is 0 Å². The summed E-state index contributed by atoms with van der Waals surface area (Å²) in [5, 5.41) is 10.4. The number of hydrogen-bond donors (Lipinski definition) is 1. The van der Waals surface area contributed by atoms with E-state index in [9.17, 15) is 8.42 Å². The van der Waals surface area contributed by atoms with Crippen molar-refractivity contribution in [1.29, 1.82) is 0 Å². The molecule has 0 unspecified atom stereocenters. The number of rotatable bonds is 7. The molecule has 0 radical (unpaired) electrons. The van der Waals surface area contributed by atoms with Gasteiger partial charge in [0.1, 0.15) is 4.21 Å². The van der Waals surface area contributed by atoms with Crippen molar-refractivity contribution in [2.24, 2.45) is 0 Å². The summed E-state index contributed by atoms with van der Waals surface area (Å²) in [6.45, 7) is 0.639. The van der Waals surface area contributed by atoms with Crippen molar-refractivity contribution in [2.45, 2.75) is 23.5 Å². The molecule has 4 nitrogen and oxygen atoms in total. The first-order chi connectivity index (χ1) is 8.00. The van der Waals surface area contributed by atoms with Crippen LogP contribution in [0, 0.1) is 0 Å². The molecular weight excluding hydrogens is 326 g/mol. The van der Waals surface area contributed by atoms with E-state index in [4.69, 9.17) is 5.11 Å². The van der Waals surface area contributed by atoms with Crippen LogP contribution in [0.4, 0.5) is 0 Å². The molecule has 7 heteroatoms. The van der Waals surface area contributed by atoms with E-state index < -0.39 is 10.0 Å². The lowest BCUT2D eigenvalue weighted by atomic mass is 10.2. The van der Waals surface area contributed by atoms with Crippen molar-refractivity contribution in [3.8, 4) is 0 Å². The summed E-state index contributed by atoms with van der Waals surface area (Å²) >= 11 is 4.45. The van der Waals surface area contributed by atoms with E-state index in [1.807, 2.05) is 0 Å². The predicted molar refractivity (Wildman–Crippen MR) is 72.8 cm³/mol. The van der Waals surface area contributed by atoms with Gasteiger partial charge in [0.05, 0.1) is 0 Å². The Morgan fingerprint density at radius 1 is 1.41 bits per heavy atom. The highest BCUT2D eigenvalue weighted by molar-refractivity contribution is 9.10. The summed E-state index contributed by atoms with van der Waals surface area (Å²) in [7, 11) is -1.79. The monoisotopic (exact) mass is 341 g/mol. The highest BCUT2D eigenvalue weighted by atomic mass is 79.9. The minimum absolute atomic E-state index is 0.160. The second-order valence-corrected chi connectivity index (χ2v) is 7.68. The van der Waals surface area contributed by atoms with Gasteiger partial charge < -0.3 is 5.11 Å². The van der Waals surface area contributed by atoms with Gasteiger partial charge in [-0.1, -0.05) is 0 Å². The third-order valence-electron chi connectivity index (χ3n) is 2.36. The number of aliphatic hydroxyl groups is 1. The zero-order valence-electron chi connectivity index (χ0n) is 9.60. The first-order valence-electron chi connectivity index (χ1n) is 5.30. The summed E-state index contributed by atoms with van der Waals surface area (Å²) in [4.78, 5) is 0. The van der Waals surface area contributed by atoms with Crippen LogP contribution in [0.2, 0.25) is 0 Å². The van der Waals surface area contributed by atoms with Crippen molar-refractivity contribution in [1.82, 2.24) is 4.31 Å². The lowest BCUT2D eigenvalue weighted by molar-refractivity contribution is 0.281. The van der Waals surface area contributed by atoms with E-state index in [0.717, 1.165) is 19.3 Å². The first kappa shape index (κ1) is 15.1. The molecular formula is C10H16BrNO3S2. The quantitative estimate of drug-likeness (QED) is 0.774. The van der Waals surface area contributed by atoms with Crippen LogP contribution in [0.25, 0.3) is 0 Å². The molecule has 0 aromatic carbocycles. The van der Waals surface area contributed by atoms with E-state index in [2.05, 4.69) is 15.9 Å². The third-order valence-corrected chi connectivity index (χ3v) is 6.86. The summed E-state index contributed by atoms with van der Waals surface area (Å²) in [5.74, 6) is 0. The van der Waals surface area contributed by atoms with Gasteiger partial charge in [-0.2, -0.15) is 0 Å². The van der Waals surface area contributed by atoms with Crippen LogP contribution in [0.5, 0.6) is 0 Å². The fourth-order valence-electron chi connectivity index (χ4n) is 1.35. The molecule has 1 heterocycles. The largest absolute Gasteiger partial charge is 0.396 e. The molecule has 1 aromatic heterocycles. The van der Waals surface area contributed by atoms with Crippen LogP contribution < -0.4 is 0 Å². The highest BCUT2D eigenvalue weighted by Gasteiger charge is 2.24. The van der Waals surface area contributed by atoms with Crippen LogP contribution in [0.1, 0.15) is 19.3 Å². The number of hydrogen-bond acceptors (Lipinski definition) is 4. The number of halogens is 1. The maximum absolute atomic E-state index is 12.1. The Labute approximate surface area is 114 Å². The standard InChI is InChI=1S/C10H16BrNO3S2/c1-12(6-3-2-4-7-13)17(14,15)10-9(11)5-8-16-10/h5,8,13H,2-4,6-7H2,1H3. The molecule has 0 aliphatic rings. The highest BCUT2D eigenvalue weighted by Crippen LogP contribution is 2.29. The summed E-state index contributed by atoms with van der Waals surface area (Å²) in [5.41, 5.74) is 0. The SMILES string of the molecule is CN(CCCCCO)S(=O)(=O)c1sccc1Br. The lowest BCUT2D eigenvalue weighted by Crippen LogP contribution is -2.27. The van der Waals surface area contributed by atoms with E-state index >= 15 is 0 Å². The van der Waals surface area contributed by atoms with Gasteiger partial charge >= 0.3 is 0 Å². The molecule has 0 spiro atoms. The van der Waals surface area contributed by atoms with Crippen LogP contribution in [-0.2, 0) is 10.0 Å². The number of aliphatic hydroxyl groups excluding tert-OH is 1. The van der Waals surface area contributed by atoms with E-state index in [-0.39, 0.29) is 6.61 Å². The second-order valence-electron chi connectivity index (χ2n) is 3.67. The molecule has 0 atom stereocenters. The Bertz CT molecular complexity index is 444.